The van der Waals surface area contributed by atoms with Crippen molar-refractivity contribution in [2.45, 2.75) is 65.9 Å². The molecular weight excluding hydrogens is 314 g/mol. The van der Waals surface area contributed by atoms with Crippen molar-refractivity contribution in [3.8, 4) is 5.75 Å². The minimum atomic E-state index is -0.687. The van der Waals surface area contributed by atoms with Crippen molar-refractivity contribution in [1.29, 1.82) is 0 Å². The number of rotatable bonds is 7. The van der Waals surface area contributed by atoms with Crippen LogP contribution in [0.15, 0.2) is 18.2 Å². The van der Waals surface area contributed by atoms with Crippen molar-refractivity contribution >= 4 is 11.6 Å². The third-order valence-electron chi connectivity index (χ3n) is 4.80. The summed E-state index contributed by atoms with van der Waals surface area (Å²) in [4.78, 5) is 13.0. The number of hydrogen-bond donors (Lipinski definition) is 1. The Kier molecular flexibility index (Phi) is 6.88. The monoisotopic (exact) mass is 347 g/mol. The lowest BCUT2D eigenvalue weighted by Crippen LogP contribution is -2.48. The van der Waals surface area contributed by atoms with Crippen LogP contribution in [0.5, 0.6) is 5.75 Å². The zero-order valence-electron chi connectivity index (χ0n) is 16.4. The highest BCUT2D eigenvalue weighted by atomic mass is 16.5. The van der Waals surface area contributed by atoms with Crippen LogP contribution in [0.3, 0.4) is 0 Å². The van der Waals surface area contributed by atoms with E-state index in [1.807, 2.05) is 32.0 Å². The molecule has 0 aliphatic heterocycles. The van der Waals surface area contributed by atoms with Crippen LogP contribution < -0.4 is 10.1 Å². The standard InChI is InChI=1S/C21H33NO3/c1-6-25-21(11-7-8-16(4)13-21)20(23)22-18-9-10-19(17(5)12-18)24-14-15(2)3/h9-10,12,15-16H,6-8,11,13-14H2,1-5H3,(H,22,23)/t16-,21+/m1/s1. The molecule has 0 spiro atoms. The second-order valence-electron chi connectivity index (χ2n) is 7.77. The Labute approximate surface area is 152 Å². The van der Waals surface area contributed by atoms with E-state index in [1.54, 1.807) is 0 Å². The van der Waals surface area contributed by atoms with Crippen molar-refractivity contribution in [1.82, 2.24) is 0 Å². The molecule has 140 valence electrons. The van der Waals surface area contributed by atoms with Crippen LogP contribution in [0, 0.1) is 18.8 Å². The largest absolute Gasteiger partial charge is 0.493 e. The van der Waals surface area contributed by atoms with Gasteiger partial charge < -0.3 is 14.8 Å². The first-order valence-corrected chi connectivity index (χ1v) is 9.55. The van der Waals surface area contributed by atoms with E-state index in [9.17, 15) is 4.79 Å². The molecule has 4 heteroatoms. The van der Waals surface area contributed by atoms with Gasteiger partial charge in [-0.1, -0.05) is 27.2 Å². The first-order valence-electron chi connectivity index (χ1n) is 9.55. The number of ether oxygens (including phenoxy) is 2. The SMILES string of the molecule is CCO[C@@]1(C(=O)Nc2ccc(OCC(C)C)c(C)c2)CCC[C@@H](C)C1. The highest BCUT2D eigenvalue weighted by Crippen LogP contribution is 2.36. The van der Waals surface area contributed by atoms with Gasteiger partial charge in [0, 0.05) is 12.3 Å². The Morgan fingerprint density at radius 2 is 2.16 bits per heavy atom. The second-order valence-corrected chi connectivity index (χ2v) is 7.77. The van der Waals surface area contributed by atoms with Gasteiger partial charge in [0.15, 0.2) is 0 Å². The van der Waals surface area contributed by atoms with Gasteiger partial charge in [0.2, 0.25) is 0 Å². The molecule has 2 rings (SSSR count). The first kappa shape index (κ1) is 19.8. The van der Waals surface area contributed by atoms with Gasteiger partial charge in [0.25, 0.3) is 5.91 Å². The van der Waals surface area contributed by atoms with Gasteiger partial charge in [0.1, 0.15) is 11.4 Å². The molecule has 0 unspecified atom stereocenters. The molecule has 0 radical (unpaired) electrons. The third kappa shape index (κ3) is 5.21. The Hall–Kier alpha value is -1.55. The summed E-state index contributed by atoms with van der Waals surface area (Å²) < 4.78 is 11.8. The van der Waals surface area contributed by atoms with E-state index in [-0.39, 0.29) is 5.91 Å². The lowest BCUT2D eigenvalue weighted by molar-refractivity contribution is -0.147. The highest BCUT2D eigenvalue weighted by molar-refractivity contribution is 5.97. The number of nitrogens with one attached hydrogen (secondary N) is 1. The number of amides is 1. The maximum atomic E-state index is 13.0. The van der Waals surface area contributed by atoms with E-state index < -0.39 is 5.60 Å². The molecule has 1 fully saturated rings. The molecule has 4 nitrogen and oxygen atoms in total. The van der Waals surface area contributed by atoms with Crippen molar-refractivity contribution in [3.05, 3.63) is 23.8 Å². The van der Waals surface area contributed by atoms with Crippen molar-refractivity contribution in [3.63, 3.8) is 0 Å². The second kappa shape index (κ2) is 8.70. The molecule has 0 bridgehead atoms. The zero-order valence-corrected chi connectivity index (χ0v) is 16.4. The molecular formula is C21H33NO3. The summed E-state index contributed by atoms with van der Waals surface area (Å²) in [6, 6.07) is 5.82. The molecule has 1 aromatic rings. The lowest BCUT2D eigenvalue weighted by Gasteiger charge is -2.38. The summed E-state index contributed by atoms with van der Waals surface area (Å²) in [5.74, 6) is 1.85. The van der Waals surface area contributed by atoms with Crippen LogP contribution in [0.1, 0.15) is 58.9 Å². The highest BCUT2D eigenvalue weighted by Gasteiger charge is 2.42. The summed E-state index contributed by atoms with van der Waals surface area (Å²) in [5.41, 5.74) is 1.14. The van der Waals surface area contributed by atoms with Crippen molar-refractivity contribution < 1.29 is 14.3 Å². The Morgan fingerprint density at radius 1 is 1.40 bits per heavy atom. The molecule has 1 saturated carbocycles. The van der Waals surface area contributed by atoms with Gasteiger partial charge in [-0.2, -0.15) is 0 Å². The summed E-state index contributed by atoms with van der Waals surface area (Å²) in [6.07, 6.45) is 3.80. The number of carbonyl (C=O) groups excluding carboxylic acids is 1. The first-order chi connectivity index (χ1) is 11.9. The van der Waals surface area contributed by atoms with Gasteiger partial charge in [0.05, 0.1) is 6.61 Å². The smallest absolute Gasteiger partial charge is 0.256 e. The van der Waals surface area contributed by atoms with Crippen LogP contribution in [0.25, 0.3) is 0 Å². The fraction of sp³-hybridized carbons (Fsp3) is 0.667. The van der Waals surface area contributed by atoms with Gasteiger partial charge in [-0.05, 0) is 68.7 Å². The molecule has 0 saturated heterocycles. The van der Waals surface area contributed by atoms with E-state index >= 15 is 0 Å². The van der Waals surface area contributed by atoms with Crippen LogP contribution in [-0.2, 0) is 9.53 Å². The van der Waals surface area contributed by atoms with E-state index in [2.05, 4.69) is 26.1 Å². The van der Waals surface area contributed by atoms with E-state index in [0.29, 0.717) is 25.0 Å². The van der Waals surface area contributed by atoms with Crippen molar-refractivity contribution in [2.75, 3.05) is 18.5 Å². The zero-order chi connectivity index (χ0) is 18.4. The normalized spacial score (nSPS) is 23.5. The number of anilines is 1. The Bertz CT molecular complexity index is 581. The van der Waals surface area contributed by atoms with Crippen LogP contribution in [0.2, 0.25) is 0 Å². The lowest BCUT2D eigenvalue weighted by atomic mass is 9.78. The van der Waals surface area contributed by atoms with Gasteiger partial charge >= 0.3 is 0 Å². The topological polar surface area (TPSA) is 47.6 Å². The van der Waals surface area contributed by atoms with Gasteiger partial charge in [-0.25, -0.2) is 0 Å². The maximum Gasteiger partial charge on any atom is 0.256 e. The molecule has 1 aliphatic rings. The van der Waals surface area contributed by atoms with E-state index in [4.69, 9.17) is 9.47 Å². The third-order valence-corrected chi connectivity index (χ3v) is 4.80. The molecule has 1 aromatic carbocycles. The molecule has 0 aromatic heterocycles. The number of hydrogen-bond acceptors (Lipinski definition) is 3. The molecule has 25 heavy (non-hydrogen) atoms. The van der Waals surface area contributed by atoms with E-state index in [0.717, 1.165) is 36.3 Å². The van der Waals surface area contributed by atoms with Crippen LogP contribution >= 0.6 is 0 Å². The Morgan fingerprint density at radius 3 is 2.76 bits per heavy atom. The summed E-state index contributed by atoms with van der Waals surface area (Å²) in [5, 5.41) is 3.07. The average molecular weight is 347 g/mol. The average Bonchev–Trinajstić information content (AvgIpc) is 2.54. The Balaban J connectivity index is 2.09. The fourth-order valence-electron chi connectivity index (χ4n) is 3.57. The fourth-order valence-corrected chi connectivity index (χ4v) is 3.57. The maximum absolute atomic E-state index is 13.0. The molecule has 1 N–H and O–H groups in total. The summed E-state index contributed by atoms with van der Waals surface area (Å²) in [6.45, 7) is 11.7. The summed E-state index contributed by atoms with van der Waals surface area (Å²) >= 11 is 0. The number of aryl methyl sites for hydroxylation is 1. The van der Waals surface area contributed by atoms with Crippen molar-refractivity contribution in [2.24, 2.45) is 11.8 Å². The molecule has 1 amide bonds. The minimum absolute atomic E-state index is 0.0175. The number of carbonyl (C=O) groups is 1. The summed E-state index contributed by atoms with van der Waals surface area (Å²) in [7, 11) is 0. The molecule has 2 atom stereocenters. The molecule has 1 aliphatic carbocycles. The minimum Gasteiger partial charge on any atom is -0.493 e. The van der Waals surface area contributed by atoms with Crippen LogP contribution in [0.4, 0.5) is 5.69 Å². The van der Waals surface area contributed by atoms with Gasteiger partial charge in [-0.15, -0.1) is 0 Å². The predicted octanol–water partition coefficient (Wildman–Crippen LogP) is 4.95. The van der Waals surface area contributed by atoms with Crippen LogP contribution in [-0.4, -0.2) is 24.7 Å². The quantitative estimate of drug-likeness (QED) is 0.759. The van der Waals surface area contributed by atoms with Gasteiger partial charge in [-0.3, -0.25) is 4.79 Å². The van der Waals surface area contributed by atoms with E-state index in [1.165, 1.54) is 6.42 Å². The number of benzene rings is 1. The predicted molar refractivity (Wildman–Crippen MR) is 102 cm³/mol. The molecule has 0 heterocycles.